The van der Waals surface area contributed by atoms with Crippen LogP contribution in [0.15, 0.2) is 66.7 Å². The SMILES string of the molecule is CC(=O)Oc1c(-c2ccc(NC(=O)NC(C)C)cc2)c(-c2ccc(N(C)C)cc2)nn1-c1ccc(C)cc1C. The Morgan fingerprint density at radius 3 is 2.13 bits per heavy atom. The van der Waals surface area contributed by atoms with E-state index in [9.17, 15) is 9.59 Å². The topological polar surface area (TPSA) is 88.5 Å². The van der Waals surface area contributed by atoms with Crippen molar-refractivity contribution in [2.24, 2.45) is 0 Å². The first-order chi connectivity index (χ1) is 18.5. The predicted molar refractivity (Wildman–Crippen MR) is 157 cm³/mol. The predicted octanol–water partition coefficient (Wildman–Crippen LogP) is 6.34. The quantitative estimate of drug-likeness (QED) is 0.275. The number of hydrogen-bond donors (Lipinski definition) is 2. The second-order valence-electron chi connectivity index (χ2n) is 10.1. The maximum Gasteiger partial charge on any atom is 0.319 e. The van der Waals surface area contributed by atoms with Gasteiger partial charge in [0.1, 0.15) is 5.69 Å². The number of anilines is 2. The lowest BCUT2D eigenvalue weighted by atomic mass is 10.0. The molecule has 0 saturated heterocycles. The molecule has 0 aliphatic rings. The summed E-state index contributed by atoms with van der Waals surface area (Å²) in [6, 6.07) is 21.3. The number of aromatic nitrogens is 2. The highest BCUT2D eigenvalue weighted by atomic mass is 16.5. The van der Waals surface area contributed by atoms with Crippen LogP contribution in [0.25, 0.3) is 28.1 Å². The van der Waals surface area contributed by atoms with Crippen LogP contribution in [0.2, 0.25) is 0 Å². The van der Waals surface area contributed by atoms with Crippen molar-refractivity contribution in [3.63, 3.8) is 0 Å². The summed E-state index contributed by atoms with van der Waals surface area (Å²) in [6.07, 6.45) is 0. The van der Waals surface area contributed by atoms with Crippen LogP contribution in [-0.2, 0) is 4.79 Å². The van der Waals surface area contributed by atoms with E-state index >= 15 is 0 Å². The minimum atomic E-state index is -0.444. The highest BCUT2D eigenvalue weighted by molar-refractivity contribution is 5.91. The smallest absolute Gasteiger partial charge is 0.319 e. The van der Waals surface area contributed by atoms with E-state index in [4.69, 9.17) is 9.84 Å². The molecular formula is C31H35N5O3. The average Bonchev–Trinajstić information content (AvgIpc) is 3.22. The summed E-state index contributed by atoms with van der Waals surface area (Å²) in [5, 5.41) is 10.7. The number of ether oxygens (including phenoxy) is 1. The van der Waals surface area contributed by atoms with Crippen LogP contribution < -0.4 is 20.3 Å². The van der Waals surface area contributed by atoms with E-state index < -0.39 is 5.97 Å². The number of aryl methyl sites for hydroxylation is 2. The molecule has 2 N–H and O–H groups in total. The molecule has 4 rings (SSSR count). The Morgan fingerprint density at radius 2 is 1.56 bits per heavy atom. The molecule has 0 bridgehead atoms. The van der Waals surface area contributed by atoms with Crippen LogP contribution >= 0.6 is 0 Å². The lowest BCUT2D eigenvalue weighted by molar-refractivity contribution is -0.132. The van der Waals surface area contributed by atoms with Gasteiger partial charge in [0.25, 0.3) is 0 Å². The number of nitrogens with zero attached hydrogens (tertiary/aromatic N) is 3. The van der Waals surface area contributed by atoms with Crippen molar-refractivity contribution in [3.8, 4) is 34.0 Å². The van der Waals surface area contributed by atoms with E-state index in [1.165, 1.54) is 6.92 Å². The molecule has 1 heterocycles. The number of esters is 1. The lowest BCUT2D eigenvalue weighted by Crippen LogP contribution is -2.34. The highest BCUT2D eigenvalue weighted by Crippen LogP contribution is 2.42. The minimum Gasteiger partial charge on any atom is -0.407 e. The van der Waals surface area contributed by atoms with E-state index in [0.29, 0.717) is 22.8 Å². The van der Waals surface area contributed by atoms with Gasteiger partial charge in [-0.25, -0.2) is 4.79 Å². The van der Waals surface area contributed by atoms with Crippen molar-refractivity contribution < 1.29 is 14.3 Å². The molecule has 2 amide bonds. The third-order valence-electron chi connectivity index (χ3n) is 6.17. The zero-order valence-electron chi connectivity index (χ0n) is 23.5. The highest BCUT2D eigenvalue weighted by Gasteiger charge is 2.25. The van der Waals surface area contributed by atoms with E-state index in [0.717, 1.165) is 33.6 Å². The molecule has 3 aromatic carbocycles. The van der Waals surface area contributed by atoms with E-state index in [1.54, 1.807) is 4.68 Å². The molecule has 1 aromatic heterocycles. The third kappa shape index (κ3) is 6.29. The Bertz CT molecular complexity index is 1490. The molecule has 0 aliphatic carbocycles. The second kappa shape index (κ2) is 11.4. The number of urea groups is 1. The number of benzene rings is 3. The average molecular weight is 526 g/mol. The molecule has 8 heteroatoms. The Morgan fingerprint density at radius 1 is 0.923 bits per heavy atom. The molecule has 4 aromatic rings. The zero-order chi connectivity index (χ0) is 28.3. The van der Waals surface area contributed by atoms with Crippen LogP contribution in [0.4, 0.5) is 16.2 Å². The molecule has 0 unspecified atom stereocenters. The number of hydrogen-bond acceptors (Lipinski definition) is 5. The largest absolute Gasteiger partial charge is 0.407 e. The molecule has 0 saturated carbocycles. The molecule has 0 fully saturated rings. The first-order valence-electron chi connectivity index (χ1n) is 12.9. The van der Waals surface area contributed by atoms with Gasteiger partial charge in [0.15, 0.2) is 0 Å². The van der Waals surface area contributed by atoms with Gasteiger partial charge in [-0.05, 0) is 69.2 Å². The number of carbonyl (C=O) groups excluding carboxylic acids is 2. The van der Waals surface area contributed by atoms with Crippen molar-refractivity contribution >= 4 is 23.4 Å². The molecule has 8 nitrogen and oxygen atoms in total. The summed E-state index contributed by atoms with van der Waals surface area (Å²) in [5.41, 5.74) is 7.68. The van der Waals surface area contributed by atoms with Crippen molar-refractivity contribution in [2.75, 3.05) is 24.3 Å². The summed E-state index contributed by atoms with van der Waals surface area (Å²) in [6.45, 7) is 9.23. The second-order valence-corrected chi connectivity index (χ2v) is 10.1. The van der Waals surface area contributed by atoms with Gasteiger partial charge in [-0.3, -0.25) is 4.79 Å². The van der Waals surface area contributed by atoms with E-state index in [-0.39, 0.29) is 12.1 Å². The van der Waals surface area contributed by atoms with Gasteiger partial charge < -0.3 is 20.3 Å². The summed E-state index contributed by atoms with van der Waals surface area (Å²) < 4.78 is 7.54. The first-order valence-corrected chi connectivity index (χ1v) is 12.9. The summed E-state index contributed by atoms with van der Waals surface area (Å²) in [4.78, 5) is 26.5. The molecule has 0 aliphatic heterocycles. The molecule has 39 heavy (non-hydrogen) atoms. The molecule has 0 radical (unpaired) electrons. The fraction of sp³-hybridized carbons (Fsp3) is 0.258. The Labute approximate surface area is 229 Å². The van der Waals surface area contributed by atoms with Crippen LogP contribution in [-0.4, -0.2) is 41.9 Å². The summed E-state index contributed by atoms with van der Waals surface area (Å²) >= 11 is 0. The summed E-state index contributed by atoms with van der Waals surface area (Å²) in [7, 11) is 3.98. The van der Waals surface area contributed by atoms with Gasteiger partial charge in [-0.2, -0.15) is 9.78 Å². The fourth-order valence-electron chi connectivity index (χ4n) is 4.37. The van der Waals surface area contributed by atoms with Gasteiger partial charge in [-0.15, -0.1) is 0 Å². The third-order valence-corrected chi connectivity index (χ3v) is 6.17. The van der Waals surface area contributed by atoms with Crippen LogP contribution in [0.5, 0.6) is 5.88 Å². The van der Waals surface area contributed by atoms with Crippen molar-refractivity contribution in [1.29, 1.82) is 0 Å². The maximum atomic E-state index is 12.3. The van der Waals surface area contributed by atoms with Crippen LogP contribution in [0.3, 0.4) is 0 Å². The normalized spacial score (nSPS) is 10.9. The number of rotatable bonds is 7. The Kier molecular flexibility index (Phi) is 8.04. The van der Waals surface area contributed by atoms with E-state index in [2.05, 4.69) is 16.7 Å². The number of amides is 2. The van der Waals surface area contributed by atoms with Crippen molar-refractivity contribution in [3.05, 3.63) is 77.9 Å². The van der Waals surface area contributed by atoms with Crippen LogP contribution in [0.1, 0.15) is 31.9 Å². The molecule has 0 atom stereocenters. The molecule has 0 spiro atoms. The first kappa shape index (κ1) is 27.4. The standard InChI is InChI=1S/C31H35N5O3/c1-19(2)32-31(38)33-25-13-9-23(10-14-25)28-29(24-11-15-26(16-12-24)35(6)7)34-36(30(28)39-22(5)37)27-17-8-20(3)18-21(27)4/h8-19H,1-7H3,(H2,32,33,38). The molecule has 202 valence electrons. The van der Waals surface area contributed by atoms with Crippen molar-refractivity contribution in [1.82, 2.24) is 15.1 Å². The van der Waals surface area contributed by atoms with Gasteiger partial charge >= 0.3 is 12.0 Å². The zero-order valence-corrected chi connectivity index (χ0v) is 23.5. The lowest BCUT2D eigenvalue weighted by Gasteiger charge is -2.13. The van der Waals surface area contributed by atoms with Crippen LogP contribution in [0, 0.1) is 13.8 Å². The van der Waals surface area contributed by atoms with Crippen molar-refractivity contribution in [2.45, 2.75) is 40.7 Å². The van der Waals surface area contributed by atoms with Gasteiger partial charge in [0.2, 0.25) is 5.88 Å². The molecular weight excluding hydrogens is 490 g/mol. The Balaban J connectivity index is 1.90. The Hall–Kier alpha value is -4.59. The fourth-order valence-corrected chi connectivity index (χ4v) is 4.37. The maximum absolute atomic E-state index is 12.3. The van der Waals surface area contributed by atoms with Gasteiger partial charge in [-0.1, -0.05) is 42.0 Å². The van der Waals surface area contributed by atoms with E-state index in [1.807, 2.05) is 107 Å². The number of carbonyl (C=O) groups is 2. The van der Waals surface area contributed by atoms with Gasteiger partial charge in [0.05, 0.1) is 11.3 Å². The number of nitrogens with one attached hydrogen (secondary N) is 2. The summed E-state index contributed by atoms with van der Waals surface area (Å²) in [5.74, 6) is -0.111. The minimum absolute atomic E-state index is 0.0214. The monoisotopic (exact) mass is 525 g/mol. The van der Waals surface area contributed by atoms with Gasteiger partial charge in [0, 0.05) is 44.0 Å².